The Morgan fingerprint density at radius 3 is 2.54 bits per heavy atom. The molecule has 0 bridgehead atoms. The Morgan fingerprint density at radius 1 is 1.18 bits per heavy atom. The quantitative estimate of drug-likeness (QED) is 0.327. The van der Waals surface area contributed by atoms with Crippen molar-refractivity contribution in [3.63, 3.8) is 0 Å². The first-order chi connectivity index (χ1) is 18.5. The summed E-state index contributed by atoms with van der Waals surface area (Å²) >= 11 is 7.16. The second kappa shape index (κ2) is 10.9. The highest BCUT2D eigenvalue weighted by atomic mass is 35.5. The van der Waals surface area contributed by atoms with Gasteiger partial charge in [0, 0.05) is 53.9 Å². The first kappa shape index (κ1) is 28.2. The Bertz CT molecular complexity index is 1460. The van der Waals surface area contributed by atoms with Crippen LogP contribution in [-0.2, 0) is 22.2 Å². The number of nitrogens with one attached hydrogen (secondary N) is 1. The van der Waals surface area contributed by atoms with E-state index < -0.39 is 29.4 Å². The van der Waals surface area contributed by atoms with E-state index in [1.165, 1.54) is 23.8 Å². The van der Waals surface area contributed by atoms with Crippen molar-refractivity contribution >= 4 is 40.1 Å². The number of halogens is 5. The zero-order valence-corrected chi connectivity index (χ0v) is 23.0. The number of piperazine rings is 1. The maximum Gasteiger partial charge on any atom is 0.417 e. The summed E-state index contributed by atoms with van der Waals surface area (Å²) in [7, 11) is 1.46. The minimum absolute atomic E-state index is 0.0344. The molecule has 39 heavy (non-hydrogen) atoms. The van der Waals surface area contributed by atoms with Crippen molar-refractivity contribution in [3.05, 3.63) is 51.2 Å². The van der Waals surface area contributed by atoms with Gasteiger partial charge >= 0.3 is 11.9 Å². The Morgan fingerprint density at radius 2 is 1.90 bits per heavy atom. The van der Waals surface area contributed by atoms with E-state index in [0.29, 0.717) is 18.6 Å². The van der Waals surface area contributed by atoms with Crippen molar-refractivity contribution < 1.29 is 27.0 Å². The van der Waals surface area contributed by atoms with E-state index >= 15 is 0 Å². The molecule has 7 nitrogen and oxygen atoms in total. The summed E-state index contributed by atoms with van der Waals surface area (Å²) in [6.07, 6.45) is -5.30. The van der Waals surface area contributed by atoms with E-state index in [4.69, 9.17) is 21.1 Å². The molecule has 0 unspecified atom stereocenters. The molecule has 0 saturated carbocycles. The lowest BCUT2D eigenvalue weighted by Gasteiger charge is -2.37. The number of nitrogens with zero attached hydrogens (tertiary/aromatic N) is 3. The molecule has 13 heteroatoms. The molecule has 0 amide bonds. The molecule has 210 valence electrons. The summed E-state index contributed by atoms with van der Waals surface area (Å²) in [4.78, 5) is 19.9. The van der Waals surface area contributed by atoms with E-state index in [2.05, 4.69) is 10.3 Å². The van der Waals surface area contributed by atoms with E-state index in [9.17, 15) is 22.4 Å². The number of aromatic nitrogens is 2. The summed E-state index contributed by atoms with van der Waals surface area (Å²) in [5, 5.41) is 3.31. The third-order valence-corrected chi connectivity index (χ3v) is 8.30. The minimum Gasteiger partial charge on any atom is -0.359 e. The normalized spacial score (nSPS) is 21.8. The third-order valence-electron chi connectivity index (χ3n) is 6.79. The van der Waals surface area contributed by atoms with Crippen LogP contribution in [0, 0.1) is 5.82 Å². The maximum absolute atomic E-state index is 14.7. The van der Waals surface area contributed by atoms with Gasteiger partial charge in [-0.3, -0.25) is 4.57 Å². The van der Waals surface area contributed by atoms with Gasteiger partial charge in [0.15, 0.2) is 0 Å². The number of alkyl halides is 3. The summed E-state index contributed by atoms with van der Waals surface area (Å²) in [6.45, 7) is 4.90. The molecule has 1 aromatic heterocycles. The maximum atomic E-state index is 14.7. The van der Waals surface area contributed by atoms with Crippen LogP contribution >= 0.6 is 23.4 Å². The first-order valence-corrected chi connectivity index (χ1v) is 13.7. The molecular formula is C26H27ClF4N4O3S. The van der Waals surface area contributed by atoms with Gasteiger partial charge in [0.2, 0.25) is 0 Å². The molecule has 0 aliphatic carbocycles. The molecule has 0 radical (unpaired) electrons. The number of methoxy groups -OCH3 is 1. The molecule has 3 atom stereocenters. The average Bonchev–Trinajstić information content (AvgIpc) is 3.06. The van der Waals surface area contributed by atoms with Crippen molar-refractivity contribution in [2.45, 2.75) is 49.7 Å². The van der Waals surface area contributed by atoms with Gasteiger partial charge in [-0.25, -0.2) is 9.18 Å². The zero-order chi connectivity index (χ0) is 28.1. The van der Waals surface area contributed by atoms with Crippen LogP contribution in [0.15, 0.2) is 34.0 Å². The molecule has 2 aliphatic rings. The lowest BCUT2D eigenvalue weighted by Crippen LogP contribution is -2.55. The van der Waals surface area contributed by atoms with Crippen LogP contribution in [0.2, 0.25) is 5.02 Å². The lowest BCUT2D eigenvalue weighted by molar-refractivity contribution is -0.137. The molecular weight excluding hydrogens is 560 g/mol. The van der Waals surface area contributed by atoms with Gasteiger partial charge < -0.3 is 19.7 Å². The molecule has 2 aliphatic heterocycles. The number of benzene rings is 2. The third kappa shape index (κ3) is 5.49. The number of thioether (sulfide) groups is 1. The molecule has 2 aromatic carbocycles. The van der Waals surface area contributed by atoms with Gasteiger partial charge in [0.1, 0.15) is 18.4 Å². The monoisotopic (exact) mass is 586 g/mol. The van der Waals surface area contributed by atoms with Crippen LogP contribution < -0.4 is 15.9 Å². The predicted molar refractivity (Wildman–Crippen MR) is 143 cm³/mol. The standard InChI is InChI=1S/C26H27ClF4N4O3S/c1-13-8-34(9-14(2)32-13)24-17-7-18(26(29,30)31)21(15-4-5-20(28)19(27)6-15)23-22(17)35(25(36)33-24)10-16(11-39-23)38-12-37-3/h4-7,13-14,16,32H,8-12H2,1-3H3/t13-,14+,16-/m1/s1. The van der Waals surface area contributed by atoms with Crippen molar-refractivity contribution in [3.8, 4) is 11.1 Å². The molecule has 3 aromatic rings. The fraction of sp³-hybridized carbons (Fsp3) is 0.462. The number of hydrogen-bond acceptors (Lipinski definition) is 7. The number of hydrogen-bond donors (Lipinski definition) is 1. The lowest BCUT2D eigenvalue weighted by atomic mass is 9.96. The van der Waals surface area contributed by atoms with Crippen molar-refractivity contribution in [1.29, 1.82) is 0 Å². The van der Waals surface area contributed by atoms with Gasteiger partial charge in [-0.15, -0.1) is 11.8 Å². The van der Waals surface area contributed by atoms with Crippen LogP contribution in [-0.4, -0.2) is 60.5 Å². The number of ether oxygens (including phenoxy) is 2. The van der Waals surface area contributed by atoms with Gasteiger partial charge in [-0.2, -0.15) is 18.2 Å². The van der Waals surface area contributed by atoms with Gasteiger partial charge in [-0.05, 0) is 37.6 Å². The highest BCUT2D eigenvalue weighted by Gasteiger charge is 2.39. The van der Waals surface area contributed by atoms with Crippen LogP contribution in [0.3, 0.4) is 0 Å². The number of anilines is 1. The Hall–Kier alpha value is -2.38. The van der Waals surface area contributed by atoms with Crippen LogP contribution in [0.4, 0.5) is 23.4 Å². The Kier molecular flexibility index (Phi) is 7.86. The largest absolute Gasteiger partial charge is 0.417 e. The molecule has 5 rings (SSSR count). The molecule has 3 heterocycles. The summed E-state index contributed by atoms with van der Waals surface area (Å²) in [5.41, 5.74) is -1.24. The average molecular weight is 587 g/mol. The topological polar surface area (TPSA) is 68.6 Å². The molecule has 1 fully saturated rings. The van der Waals surface area contributed by atoms with Crippen molar-refractivity contribution in [1.82, 2.24) is 14.9 Å². The number of rotatable bonds is 5. The molecule has 1 N–H and O–H groups in total. The van der Waals surface area contributed by atoms with E-state index in [0.717, 1.165) is 23.9 Å². The zero-order valence-electron chi connectivity index (χ0n) is 21.4. The minimum atomic E-state index is -4.76. The van der Waals surface area contributed by atoms with Crippen LogP contribution in [0.1, 0.15) is 19.4 Å². The second-order valence-electron chi connectivity index (χ2n) is 9.86. The van der Waals surface area contributed by atoms with Crippen molar-refractivity contribution in [2.75, 3.05) is 37.6 Å². The van der Waals surface area contributed by atoms with E-state index in [-0.39, 0.29) is 63.4 Å². The SMILES string of the molecule is COCO[C@H]1CSc2c(-c3ccc(F)c(Cl)c3)c(C(F)(F)F)cc3c(N4C[C@@H](C)N[C@@H](C)C4)nc(=O)n(c23)C1. The van der Waals surface area contributed by atoms with E-state index in [1.54, 1.807) is 0 Å². The molecule has 1 saturated heterocycles. The second-order valence-corrected chi connectivity index (χ2v) is 11.3. The van der Waals surface area contributed by atoms with Gasteiger partial charge in [0.25, 0.3) is 0 Å². The highest BCUT2D eigenvalue weighted by Crippen LogP contribution is 2.48. The Labute approximate surface area is 231 Å². The summed E-state index contributed by atoms with van der Waals surface area (Å²) < 4.78 is 70.3. The highest BCUT2D eigenvalue weighted by molar-refractivity contribution is 7.99. The smallest absolute Gasteiger partial charge is 0.359 e. The fourth-order valence-corrected chi connectivity index (χ4v) is 6.77. The van der Waals surface area contributed by atoms with Crippen LogP contribution in [0.25, 0.3) is 22.0 Å². The predicted octanol–water partition coefficient (Wildman–Crippen LogP) is 5.16. The van der Waals surface area contributed by atoms with Crippen molar-refractivity contribution in [2.24, 2.45) is 0 Å². The summed E-state index contributed by atoms with van der Waals surface area (Å²) in [5.74, 6) is -0.287. The first-order valence-electron chi connectivity index (χ1n) is 12.4. The Balaban J connectivity index is 1.85. The molecule has 0 spiro atoms. The fourth-order valence-electron chi connectivity index (χ4n) is 5.30. The van der Waals surface area contributed by atoms with E-state index in [1.807, 2.05) is 18.7 Å². The van der Waals surface area contributed by atoms with Gasteiger partial charge in [-0.1, -0.05) is 17.7 Å². The van der Waals surface area contributed by atoms with Crippen LogP contribution in [0.5, 0.6) is 0 Å². The summed E-state index contributed by atoms with van der Waals surface area (Å²) in [6, 6.07) is 4.60. The van der Waals surface area contributed by atoms with Gasteiger partial charge in [0.05, 0.1) is 28.8 Å².